The molecule has 3 rings (SSSR count). The Labute approximate surface area is 124 Å². The Bertz CT molecular complexity index is 853. The topological polar surface area (TPSA) is 73.1 Å². The lowest BCUT2D eigenvalue weighted by Gasteiger charge is -1.96. The van der Waals surface area contributed by atoms with Gasteiger partial charge in [0.2, 0.25) is 5.78 Å². The minimum absolute atomic E-state index is 0.0357. The summed E-state index contributed by atoms with van der Waals surface area (Å²) in [5.74, 6) is -0.219. The molecule has 0 bridgehead atoms. The molecule has 0 N–H and O–H groups in total. The molecule has 1 aromatic heterocycles. The fourth-order valence-corrected chi connectivity index (χ4v) is 3.01. The number of non-ortho nitro benzene ring substituents is 1. The van der Waals surface area contributed by atoms with Gasteiger partial charge in [0.15, 0.2) is 5.01 Å². The van der Waals surface area contributed by atoms with Crippen molar-refractivity contribution in [3.05, 3.63) is 68.7 Å². The zero-order valence-corrected chi connectivity index (χ0v) is 11.9. The molecule has 0 fully saturated rings. The van der Waals surface area contributed by atoms with E-state index in [4.69, 9.17) is 0 Å². The Morgan fingerprint density at radius 1 is 1.19 bits per heavy atom. The first-order valence-electron chi connectivity index (χ1n) is 6.21. The van der Waals surface area contributed by atoms with Gasteiger partial charge in [0, 0.05) is 17.7 Å². The molecule has 2 aromatic carbocycles. The van der Waals surface area contributed by atoms with Crippen molar-refractivity contribution in [1.29, 1.82) is 0 Å². The van der Waals surface area contributed by atoms with Crippen LogP contribution in [0, 0.1) is 17.0 Å². The molecule has 0 amide bonds. The Kier molecular flexibility index (Phi) is 3.23. The average molecular weight is 298 g/mol. The third kappa shape index (κ3) is 2.53. The molecule has 0 spiro atoms. The van der Waals surface area contributed by atoms with Gasteiger partial charge in [-0.05, 0) is 36.8 Å². The number of hydrogen-bond acceptors (Lipinski definition) is 5. The first-order valence-corrected chi connectivity index (χ1v) is 7.02. The second-order valence-corrected chi connectivity index (χ2v) is 5.65. The minimum Gasteiger partial charge on any atom is -0.286 e. The van der Waals surface area contributed by atoms with Gasteiger partial charge in [-0.3, -0.25) is 14.9 Å². The van der Waals surface area contributed by atoms with Gasteiger partial charge in [0.1, 0.15) is 0 Å². The summed E-state index contributed by atoms with van der Waals surface area (Å²) >= 11 is 1.33. The maximum atomic E-state index is 12.4. The summed E-state index contributed by atoms with van der Waals surface area (Å²) in [6.45, 7) is 1.98. The van der Waals surface area contributed by atoms with Gasteiger partial charge in [-0.25, -0.2) is 4.98 Å². The van der Waals surface area contributed by atoms with Crippen LogP contribution in [0.2, 0.25) is 0 Å². The first-order chi connectivity index (χ1) is 10.0. The molecular weight excluding hydrogens is 288 g/mol. The number of carbonyl (C=O) groups is 1. The number of nitrogens with zero attached hydrogens (tertiary/aromatic N) is 2. The Morgan fingerprint density at radius 2 is 1.90 bits per heavy atom. The number of rotatable bonds is 3. The highest BCUT2D eigenvalue weighted by Gasteiger charge is 2.15. The van der Waals surface area contributed by atoms with Crippen molar-refractivity contribution in [3.63, 3.8) is 0 Å². The van der Waals surface area contributed by atoms with Crippen molar-refractivity contribution in [2.45, 2.75) is 6.92 Å². The van der Waals surface area contributed by atoms with Crippen molar-refractivity contribution in [2.24, 2.45) is 0 Å². The van der Waals surface area contributed by atoms with Crippen molar-refractivity contribution in [1.82, 2.24) is 4.98 Å². The molecule has 6 heteroatoms. The quantitative estimate of drug-likeness (QED) is 0.419. The molecule has 21 heavy (non-hydrogen) atoms. The zero-order chi connectivity index (χ0) is 15.0. The van der Waals surface area contributed by atoms with Crippen LogP contribution in [0.15, 0.2) is 42.5 Å². The van der Waals surface area contributed by atoms with E-state index in [9.17, 15) is 14.9 Å². The molecule has 0 radical (unpaired) electrons. The lowest BCUT2D eigenvalue weighted by molar-refractivity contribution is -0.384. The average Bonchev–Trinajstić information content (AvgIpc) is 2.89. The summed E-state index contributed by atoms with van der Waals surface area (Å²) < 4.78 is 0.959. The zero-order valence-electron chi connectivity index (χ0n) is 11.1. The third-order valence-corrected chi connectivity index (χ3v) is 4.10. The second kappa shape index (κ2) is 5.06. The summed E-state index contributed by atoms with van der Waals surface area (Å²) in [7, 11) is 0. The van der Waals surface area contributed by atoms with Crippen molar-refractivity contribution < 1.29 is 9.72 Å². The molecule has 0 saturated heterocycles. The van der Waals surface area contributed by atoms with Gasteiger partial charge in [-0.2, -0.15) is 0 Å². The number of aromatic nitrogens is 1. The first kappa shape index (κ1) is 13.4. The number of fused-ring (bicyclic) bond motifs is 1. The Morgan fingerprint density at radius 3 is 2.57 bits per heavy atom. The van der Waals surface area contributed by atoms with E-state index in [2.05, 4.69) is 4.98 Å². The molecule has 5 nitrogen and oxygen atoms in total. The molecule has 0 saturated carbocycles. The van der Waals surface area contributed by atoms with Gasteiger partial charge < -0.3 is 0 Å². The second-order valence-electron chi connectivity index (χ2n) is 4.62. The monoisotopic (exact) mass is 298 g/mol. The molecule has 0 unspecified atom stereocenters. The molecule has 3 aromatic rings. The van der Waals surface area contributed by atoms with Crippen molar-refractivity contribution >= 4 is 33.0 Å². The molecule has 0 aliphatic carbocycles. The van der Waals surface area contributed by atoms with Gasteiger partial charge in [0.05, 0.1) is 15.1 Å². The summed E-state index contributed by atoms with van der Waals surface area (Å²) in [6, 6.07) is 11.4. The Hall–Kier alpha value is -2.60. The third-order valence-electron chi connectivity index (χ3n) is 3.08. The van der Waals surface area contributed by atoms with Crippen LogP contribution in [-0.4, -0.2) is 15.7 Å². The lowest BCUT2D eigenvalue weighted by atomic mass is 10.1. The largest absolute Gasteiger partial charge is 0.286 e. The summed E-state index contributed by atoms with van der Waals surface area (Å²) in [6.07, 6.45) is 0. The van der Waals surface area contributed by atoms with Crippen LogP contribution in [0.4, 0.5) is 5.69 Å². The number of thiazole rings is 1. The number of ketones is 1. The van der Waals surface area contributed by atoms with E-state index < -0.39 is 4.92 Å². The normalized spacial score (nSPS) is 10.7. The number of carbonyl (C=O) groups excluding carboxylic acids is 1. The molecule has 0 aliphatic rings. The van der Waals surface area contributed by atoms with Gasteiger partial charge in [0.25, 0.3) is 5.69 Å². The molecular formula is C15H10N2O3S. The van der Waals surface area contributed by atoms with Crippen LogP contribution in [0.1, 0.15) is 20.9 Å². The van der Waals surface area contributed by atoms with E-state index in [0.29, 0.717) is 10.6 Å². The van der Waals surface area contributed by atoms with Crippen LogP contribution in [0.5, 0.6) is 0 Å². The van der Waals surface area contributed by atoms with Crippen LogP contribution in [0.25, 0.3) is 10.2 Å². The van der Waals surface area contributed by atoms with E-state index in [1.807, 2.05) is 25.1 Å². The summed E-state index contributed by atoms with van der Waals surface area (Å²) in [5.41, 5.74) is 2.26. The van der Waals surface area contributed by atoms with Crippen molar-refractivity contribution in [2.75, 3.05) is 0 Å². The van der Waals surface area contributed by atoms with Crippen molar-refractivity contribution in [3.8, 4) is 0 Å². The predicted molar refractivity (Wildman–Crippen MR) is 80.9 cm³/mol. The highest BCUT2D eigenvalue weighted by molar-refractivity contribution is 7.20. The Balaban J connectivity index is 1.97. The predicted octanol–water partition coefficient (Wildman–Crippen LogP) is 3.74. The number of aryl methyl sites for hydroxylation is 1. The molecule has 104 valence electrons. The van der Waals surface area contributed by atoms with Gasteiger partial charge in [-0.1, -0.05) is 6.07 Å². The smallest absolute Gasteiger partial charge is 0.269 e. The SMILES string of the molecule is Cc1ccc2nc(C(=O)c3ccc([N+](=O)[O-])cc3)sc2c1. The van der Waals surface area contributed by atoms with E-state index in [-0.39, 0.29) is 11.5 Å². The van der Waals surface area contributed by atoms with E-state index in [0.717, 1.165) is 15.8 Å². The van der Waals surface area contributed by atoms with Crippen LogP contribution in [-0.2, 0) is 0 Å². The van der Waals surface area contributed by atoms with E-state index >= 15 is 0 Å². The fraction of sp³-hybridized carbons (Fsp3) is 0.0667. The number of nitro groups is 1. The summed E-state index contributed by atoms with van der Waals surface area (Å²) in [5, 5.41) is 11.0. The van der Waals surface area contributed by atoms with Gasteiger partial charge >= 0.3 is 0 Å². The standard InChI is InChI=1S/C15H10N2O3S/c1-9-2-7-12-13(8-9)21-15(16-12)14(18)10-3-5-11(6-4-10)17(19)20/h2-8H,1H3. The molecule has 0 atom stereocenters. The maximum Gasteiger partial charge on any atom is 0.269 e. The highest BCUT2D eigenvalue weighted by Crippen LogP contribution is 2.25. The van der Waals surface area contributed by atoms with E-state index in [1.165, 1.54) is 35.6 Å². The van der Waals surface area contributed by atoms with Crippen LogP contribution < -0.4 is 0 Å². The minimum atomic E-state index is -0.491. The molecule has 0 aliphatic heterocycles. The van der Waals surface area contributed by atoms with Crippen LogP contribution in [0.3, 0.4) is 0 Å². The number of hydrogen-bond donors (Lipinski definition) is 0. The molecule has 1 heterocycles. The van der Waals surface area contributed by atoms with E-state index in [1.54, 1.807) is 0 Å². The number of nitro benzene ring substituents is 1. The van der Waals surface area contributed by atoms with Gasteiger partial charge in [-0.15, -0.1) is 11.3 Å². The maximum absolute atomic E-state index is 12.4. The highest BCUT2D eigenvalue weighted by atomic mass is 32.1. The fourth-order valence-electron chi connectivity index (χ4n) is 1.99. The lowest BCUT2D eigenvalue weighted by Crippen LogP contribution is -2.00. The summed E-state index contributed by atoms with van der Waals surface area (Å²) in [4.78, 5) is 26.8. The number of benzene rings is 2. The van der Waals surface area contributed by atoms with Crippen LogP contribution >= 0.6 is 11.3 Å².